The molecule has 0 fully saturated rings. The van der Waals surface area contributed by atoms with Crippen molar-refractivity contribution < 1.29 is 4.79 Å². The van der Waals surface area contributed by atoms with Gasteiger partial charge in [-0.2, -0.15) is 0 Å². The van der Waals surface area contributed by atoms with Crippen molar-refractivity contribution >= 4 is 56.4 Å². The minimum atomic E-state index is -0.0471. The van der Waals surface area contributed by atoms with E-state index in [4.69, 9.17) is 23.2 Å². The summed E-state index contributed by atoms with van der Waals surface area (Å²) in [7, 11) is 0. The van der Waals surface area contributed by atoms with E-state index in [9.17, 15) is 4.79 Å². The molecule has 0 unspecified atom stereocenters. The van der Waals surface area contributed by atoms with Crippen LogP contribution in [0.25, 0.3) is 0 Å². The van der Waals surface area contributed by atoms with Gasteiger partial charge in [0.2, 0.25) is 0 Å². The molecule has 6 heteroatoms. The van der Waals surface area contributed by atoms with Crippen molar-refractivity contribution in [3.63, 3.8) is 0 Å². The van der Waals surface area contributed by atoms with E-state index in [1.807, 2.05) is 18.7 Å². The Kier molecular flexibility index (Phi) is 6.27. The summed E-state index contributed by atoms with van der Waals surface area (Å²) in [5, 5.41) is 0.877. The summed E-state index contributed by atoms with van der Waals surface area (Å²) in [6, 6.07) is 1.79. The quantitative estimate of drug-likeness (QED) is 0.699. The zero-order valence-corrected chi connectivity index (χ0v) is 13.6. The van der Waals surface area contributed by atoms with E-state index >= 15 is 0 Å². The first-order chi connectivity index (χ1) is 7.97. The van der Waals surface area contributed by atoms with Gasteiger partial charge in [-0.3, -0.25) is 4.79 Å². The minimum Gasteiger partial charge on any atom is -0.336 e. The van der Waals surface area contributed by atoms with Crippen LogP contribution in [0.1, 0.15) is 30.6 Å². The van der Waals surface area contributed by atoms with Crippen LogP contribution in [-0.2, 0) is 0 Å². The Bertz CT molecular complexity index is 395. The molecule has 1 heterocycles. The minimum absolute atomic E-state index is 0.0471. The first-order valence-electron chi connectivity index (χ1n) is 5.29. The second-order valence-electron chi connectivity index (χ2n) is 3.87. The maximum absolute atomic E-state index is 12.3. The highest BCUT2D eigenvalue weighted by Crippen LogP contribution is 2.32. The van der Waals surface area contributed by atoms with Crippen LogP contribution < -0.4 is 0 Å². The van der Waals surface area contributed by atoms with Crippen LogP contribution >= 0.6 is 50.5 Å². The summed E-state index contributed by atoms with van der Waals surface area (Å²) in [6.07, 6.45) is 0.916. The average Bonchev–Trinajstić information content (AvgIpc) is 2.57. The molecule has 1 aromatic rings. The molecule has 1 amide bonds. The Labute approximate surface area is 124 Å². The molecule has 0 aromatic carbocycles. The number of hydrogen-bond donors (Lipinski definition) is 0. The molecule has 0 saturated carbocycles. The molecule has 0 aliphatic rings. The number of thiophene rings is 1. The highest BCUT2D eigenvalue weighted by molar-refractivity contribution is 9.09. The molecule has 1 rings (SSSR count). The van der Waals surface area contributed by atoms with Gasteiger partial charge in [0.15, 0.2) is 0 Å². The Morgan fingerprint density at radius 3 is 2.59 bits per heavy atom. The van der Waals surface area contributed by atoms with Crippen LogP contribution in [0, 0.1) is 0 Å². The van der Waals surface area contributed by atoms with Crippen molar-refractivity contribution in [2.45, 2.75) is 26.3 Å². The number of nitrogens with zero attached hydrogens (tertiary/aromatic N) is 1. The van der Waals surface area contributed by atoms with Gasteiger partial charge in [-0.05, 0) is 26.3 Å². The number of rotatable bonds is 5. The molecule has 0 saturated heterocycles. The second kappa shape index (κ2) is 6.98. The van der Waals surface area contributed by atoms with Crippen LogP contribution in [0.4, 0.5) is 0 Å². The van der Waals surface area contributed by atoms with Crippen molar-refractivity contribution in [3.8, 4) is 0 Å². The summed E-state index contributed by atoms with van der Waals surface area (Å²) in [6.45, 7) is 4.70. The zero-order chi connectivity index (χ0) is 13.0. The van der Waals surface area contributed by atoms with Crippen molar-refractivity contribution in [1.82, 2.24) is 4.90 Å². The molecule has 0 N–H and O–H groups in total. The van der Waals surface area contributed by atoms with Crippen LogP contribution in [-0.4, -0.2) is 28.7 Å². The topological polar surface area (TPSA) is 20.3 Å². The fourth-order valence-electron chi connectivity index (χ4n) is 1.47. The first kappa shape index (κ1) is 15.3. The predicted molar refractivity (Wildman–Crippen MR) is 78.9 cm³/mol. The molecule has 96 valence electrons. The third-order valence-electron chi connectivity index (χ3n) is 2.30. The molecular formula is C11H14BrCl2NOS. The van der Waals surface area contributed by atoms with Gasteiger partial charge in [0.25, 0.3) is 5.91 Å². The molecule has 2 nitrogen and oxygen atoms in total. The largest absolute Gasteiger partial charge is 0.336 e. The second-order valence-corrected chi connectivity index (χ2v) is 6.95. The third kappa shape index (κ3) is 4.12. The van der Waals surface area contributed by atoms with Gasteiger partial charge in [0.05, 0.1) is 9.90 Å². The smallest absolute Gasteiger partial charge is 0.256 e. The molecule has 0 bridgehead atoms. The predicted octanol–water partition coefficient (Wildman–Crippen LogP) is 4.69. The van der Waals surface area contributed by atoms with Crippen LogP contribution in [0.15, 0.2) is 6.07 Å². The maximum atomic E-state index is 12.3. The van der Waals surface area contributed by atoms with E-state index in [0.717, 1.165) is 11.8 Å². The number of alkyl halides is 1. The molecule has 0 aliphatic carbocycles. The van der Waals surface area contributed by atoms with E-state index in [0.29, 0.717) is 20.8 Å². The fourth-order valence-corrected chi connectivity index (χ4v) is 3.16. The lowest BCUT2D eigenvalue weighted by atomic mass is 10.2. The highest BCUT2D eigenvalue weighted by Gasteiger charge is 2.22. The van der Waals surface area contributed by atoms with Crippen LogP contribution in [0.5, 0.6) is 0 Å². The van der Waals surface area contributed by atoms with E-state index in [-0.39, 0.29) is 11.9 Å². The van der Waals surface area contributed by atoms with Crippen molar-refractivity contribution in [2.24, 2.45) is 0 Å². The van der Waals surface area contributed by atoms with Gasteiger partial charge in [-0.15, -0.1) is 11.3 Å². The number of hydrogen-bond acceptors (Lipinski definition) is 2. The van der Waals surface area contributed by atoms with E-state index < -0.39 is 0 Å². The maximum Gasteiger partial charge on any atom is 0.256 e. The Morgan fingerprint density at radius 2 is 2.18 bits per heavy atom. The molecule has 0 aliphatic heterocycles. The number of carbonyl (C=O) groups is 1. The van der Waals surface area contributed by atoms with E-state index in [1.54, 1.807) is 6.07 Å². The zero-order valence-electron chi connectivity index (χ0n) is 9.67. The van der Waals surface area contributed by atoms with E-state index in [1.165, 1.54) is 11.3 Å². The van der Waals surface area contributed by atoms with Crippen molar-refractivity contribution in [1.29, 1.82) is 0 Å². The molecule has 0 spiro atoms. The van der Waals surface area contributed by atoms with Crippen molar-refractivity contribution in [2.75, 3.05) is 11.9 Å². The van der Waals surface area contributed by atoms with Gasteiger partial charge in [0.1, 0.15) is 4.34 Å². The Balaban J connectivity index is 2.87. The summed E-state index contributed by atoms with van der Waals surface area (Å²) in [4.78, 5) is 14.1. The SMILES string of the molecule is CC(C)N(CCCBr)C(=O)c1cc(Cl)sc1Cl. The molecule has 17 heavy (non-hydrogen) atoms. The highest BCUT2D eigenvalue weighted by atomic mass is 79.9. The normalized spacial score (nSPS) is 10.9. The van der Waals surface area contributed by atoms with Gasteiger partial charge < -0.3 is 4.90 Å². The first-order valence-corrected chi connectivity index (χ1v) is 7.98. The summed E-state index contributed by atoms with van der Waals surface area (Å²) in [5.41, 5.74) is 0.505. The molecule has 0 radical (unpaired) electrons. The number of amides is 1. The number of halogens is 3. The lowest BCUT2D eigenvalue weighted by Gasteiger charge is -2.26. The van der Waals surface area contributed by atoms with Gasteiger partial charge in [0, 0.05) is 17.9 Å². The van der Waals surface area contributed by atoms with Crippen LogP contribution in [0.3, 0.4) is 0 Å². The standard InChI is InChI=1S/C11H14BrCl2NOS/c1-7(2)15(5-3-4-12)11(16)8-6-9(13)17-10(8)14/h6-7H,3-5H2,1-2H3. The lowest BCUT2D eigenvalue weighted by molar-refractivity contribution is 0.0707. The average molecular weight is 359 g/mol. The lowest BCUT2D eigenvalue weighted by Crippen LogP contribution is -2.37. The third-order valence-corrected chi connectivity index (χ3v) is 4.35. The van der Waals surface area contributed by atoms with Crippen LogP contribution in [0.2, 0.25) is 8.67 Å². The summed E-state index contributed by atoms with van der Waals surface area (Å²) in [5.74, 6) is -0.0471. The van der Waals surface area contributed by atoms with Gasteiger partial charge in [-0.25, -0.2) is 0 Å². The summed E-state index contributed by atoms with van der Waals surface area (Å²) < 4.78 is 1.01. The fraction of sp³-hybridized carbons (Fsp3) is 0.545. The molecule has 0 atom stereocenters. The molecular weight excluding hydrogens is 345 g/mol. The van der Waals surface area contributed by atoms with Gasteiger partial charge >= 0.3 is 0 Å². The molecule has 1 aromatic heterocycles. The van der Waals surface area contributed by atoms with Crippen molar-refractivity contribution in [3.05, 3.63) is 20.3 Å². The Hall–Kier alpha value is 0.230. The van der Waals surface area contributed by atoms with Gasteiger partial charge in [-0.1, -0.05) is 39.1 Å². The summed E-state index contributed by atoms with van der Waals surface area (Å²) >= 11 is 16.4. The van der Waals surface area contributed by atoms with E-state index in [2.05, 4.69) is 15.9 Å². The monoisotopic (exact) mass is 357 g/mol. The Morgan fingerprint density at radius 1 is 1.53 bits per heavy atom. The number of carbonyl (C=O) groups excluding carboxylic acids is 1.